The van der Waals surface area contributed by atoms with Gasteiger partial charge in [-0.1, -0.05) is 0 Å². The summed E-state index contributed by atoms with van der Waals surface area (Å²) in [6.07, 6.45) is 1.45. The Balaban J connectivity index is 2.23. The maximum absolute atomic E-state index is 11.4. The van der Waals surface area contributed by atoms with Gasteiger partial charge >= 0.3 is 0 Å². The Bertz CT molecular complexity index is 633. The molecule has 104 valence electrons. The molecule has 0 unspecified atom stereocenters. The van der Waals surface area contributed by atoms with Crippen molar-refractivity contribution in [1.82, 2.24) is 0 Å². The van der Waals surface area contributed by atoms with Gasteiger partial charge in [0.1, 0.15) is 5.69 Å². The quantitative estimate of drug-likeness (QED) is 0.487. The van der Waals surface area contributed by atoms with Crippen LogP contribution in [0.25, 0.3) is 0 Å². The molecule has 0 saturated carbocycles. The van der Waals surface area contributed by atoms with Crippen LogP contribution in [0.4, 0.5) is 17.1 Å². The van der Waals surface area contributed by atoms with E-state index in [1.807, 2.05) is 50.2 Å². The number of rotatable bonds is 3. The van der Waals surface area contributed by atoms with Crippen LogP contribution in [-0.2, 0) is 0 Å². The molecule has 5 heteroatoms. The summed E-state index contributed by atoms with van der Waals surface area (Å²) in [5.41, 5.74) is 4.10. The van der Waals surface area contributed by atoms with Crippen molar-refractivity contribution in [2.24, 2.45) is 10.2 Å². The molecule has 0 spiro atoms. The van der Waals surface area contributed by atoms with Crippen molar-refractivity contribution < 1.29 is 4.73 Å². The van der Waals surface area contributed by atoms with E-state index in [1.54, 1.807) is 13.0 Å². The lowest BCUT2D eigenvalue weighted by atomic mass is 10.2. The number of nitrogens with zero attached hydrogens (tertiary/aromatic N) is 4. The molecule has 0 N–H and O–H groups in total. The SMILES string of the molecule is Cc1c(N=Nc2ccc(N(C)C)cc2)cc[n+]([O-])c1C. The molecule has 5 nitrogen and oxygen atoms in total. The van der Waals surface area contributed by atoms with E-state index in [0.29, 0.717) is 11.4 Å². The summed E-state index contributed by atoms with van der Waals surface area (Å²) in [6.45, 7) is 3.64. The van der Waals surface area contributed by atoms with Crippen molar-refractivity contribution >= 4 is 17.1 Å². The minimum absolute atomic E-state index is 0.643. The standard InChI is InChI=1S/C15H18N4O/c1-11-12(2)19(20)10-9-15(11)17-16-13-5-7-14(8-6-13)18(3)4/h5-10H,1-4H3. The predicted molar refractivity (Wildman–Crippen MR) is 79.8 cm³/mol. The largest absolute Gasteiger partial charge is 0.619 e. The summed E-state index contributed by atoms with van der Waals surface area (Å²) in [5, 5.41) is 19.8. The molecule has 0 aliphatic rings. The topological polar surface area (TPSA) is 54.9 Å². The van der Waals surface area contributed by atoms with Crippen LogP contribution in [0.1, 0.15) is 11.3 Å². The monoisotopic (exact) mass is 270 g/mol. The molecule has 1 aromatic carbocycles. The Morgan fingerprint density at radius 3 is 2.25 bits per heavy atom. The van der Waals surface area contributed by atoms with Crippen LogP contribution in [0.5, 0.6) is 0 Å². The Hall–Kier alpha value is -2.43. The Labute approximate surface area is 118 Å². The number of hydrogen-bond acceptors (Lipinski definition) is 4. The molecule has 0 radical (unpaired) electrons. The fourth-order valence-corrected chi connectivity index (χ4v) is 1.76. The molecule has 0 saturated heterocycles. The minimum Gasteiger partial charge on any atom is -0.619 e. The number of aromatic nitrogens is 1. The second-order valence-electron chi connectivity index (χ2n) is 4.85. The van der Waals surface area contributed by atoms with Crippen LogP contribution in [0, 0.1) is 19.1 Å². The molecule has 0 bridgehead atoms. The number of pyridine rings is 1. The Morgan fingerprint density at radius 2 is 1.65 bits per heavy atom. The van der Waals surface area contributed by atoms with Crippen molar-refractivity contribution in [3.63, 3.8) is 0 Å². The summed E-state index contributed by atoms with van der Waals surface area (Å²) in [6, 6.07) is 9.48. The molecule has 1 heterocycles. The first-order chi connectivity index (χ1) is 9.49. The van der Waals surface area contributed by atoms with E-state index >= 15 is 0 Å². The van der Waals surface area contributed by atoms with Gasteiger partial charge < -0.3 is 10.1 Å². The minimum atomic E-state index is 0.643. The highest BCUT2D eigenvalue weighted by molar-refractivity contribution is 5.52. The highest BCUT2D eigenvalue weighted by Gasteiger charge is 2.08. The van der Waals surface area contributed by atoms with Gasteiger partial charge in [0, 0.05) is 38.3 Å². The van der Waals surface area contributed by atoms with Crippen molar-refractivity contribution in [3.05, 3.63) is 53.0 Å². The van der Waals surface area contributed by atoms with Gasteiger partial charge in [-0.2, -0.15) is 9.84 Å². The van der Waals surface area contributed by atoms with E-state index < -0.39 is 0 Å². The van der Waals surface area contributed by atoms with Crippen LogP contribution in [-0.4, -0.2) is 14.1 Å². The number of benzene rings is 1. The fourth-order valence-electron chi connectivity index (χ4n) is 1.76. The van der Waals surface area contributed by atoms with E-state index in [-0.39, 0.29) is 0 Å². The molecular weight excluding hydrogens is 252 g/mol. The summed E-state index contributed by atoms with van der Waals surface area (Å²) < 4.78 is 0.834. The first-order valence-corrected chi connectivity index (χ1v) is 6.37. The number of hydrogen-bond donors (Lipinski definition) is 0. The maximum atomic E-state index is 11.4. The zero-order valence-electron chi connectivity index (χ0n) is 12.2. The molecule has 1 aromatic heterocycles. The van der Waals surface area contributed by atoms with Crippen LogP contribution in [0.3, 0.4) is 0 Å². The third kappa shape index (κ3) is 2.93. The average Bonchev–Trinajstić information content (AvgIpc) is 2.44. The Morgan fingerprint density at radius 1 is 1.00 bits per heavy atom. The van der Waals surface area contributed by atoms with E-state index in [9.17, 15) is 5.21 Å². The molecule has 0 aliphatic heterocycles. The third-order valence-corrected chi connectivity index (χ3v) is 3.26. The molecule has 0 atom stereocenters. The molecule has 2 rings (SSSR count). The lowest BCUT2D eigenvalue weighted by Crippen LogP contribution is -2.29. The van der Waals surface area contributed by atoms with Crippen LogP contribution in [0.15, 0.2) is 46.8 Å². The van der Waals surface area contributed by atoms with E-state index in [0.717, 1.165) is 21.7 Å². The van der Waals surface area contributed by atoms with Gasteiger partial charge in [0.05, 0.1) is 5.69 Å². The van der Waals surface area contributed by atoms with Gasteiger partial charge in [0.2, 0.25) is 0 Å². The molecule has 0 fully saturated rings. The third-order valence-electron chi connectivity index (χ3n) is 3.26. The van der Waals surface area contributed by atoms with Crippen molar-refractivity contribution in [3.8, 4) is 0 Å². The van der Waals surface area contributed by atoms with Crippen LogP contribution < -0.4 is 9.63 Å². The zero-order valence-corrected chi connectivity index (χ0v) is 12.2. The predicted octanol–water partition coefficient (Wildman–Crippen LogP) is 3.42. The highest BCUT2D eigenvalue weighted by Crippen LogP contribution is 2.23. The maximum Gasteiger partial charge on any atom is 0.194 e. The summed E-state index contributed by atoms with van der Waals surface area (Å²) >= 11 is 0. The molecular formula is C15H18N4O. The van der Waals surface area contributed by atoms with Gasteiger partial charge in [-0.3, -0.25) is 0 Å². The lowest BCUT2D eigenvalue weighted by molar-refractivity contribution is -0.612. The zero-order chi connectivity index (χ0) is 14.7. The van der Waals surface area contributed by atoms with Gasteiger partial charge in [-0.05, 0) is 31.2 Å². The van der Waals surface area contributed by atoms with Crippen molar-refractivity contribution in [2.75, 3.05) is 19.0 Å². The first-order valence-electron chi connectivity index (χ1n) is 6.37. The second-order valence-corrected chi connectivity index (χ2v) is 4.85. The first kappa shape index (κ1) is 14.0. The van der Waals surface area contributed by atoms with Crippen molar-refractivity contribution in [1.29, 1.82) is 0 Å². The lowest BCUT2D eigenvalue weighted by Gasteiger charge is -2.11. The van der Waals surface area contributed by atoms with Crippen LogP contribution >= 0.6 is 0 Å². The fraction of sp³-hybridized carbons (Fsp3) is 0.267. The van der Waals surface area contributed by atoms with Gasteiger partial charge in [0.25, 0.3) is 0 Å². The summed E-state index contributed by atoms with van der Waals surface area (Å²) in [5.74, 6) is 0. The van der Waals surface area contributed by atoms with Gasteiger partial charge in [-0.15, -0.1) is 5.11 Å². The van der Waals surface area contributed by atoms with E-state index in [1.165, 1.54) is 6.20 Å². The molecule has 2 aromatic rings. The van der Waals surface area contributed by atoms with Crippen molar-refractivity contribution in [2.45, 2.75) is 13.8 Å². The normalized spacial score (nSPS) is 11.0. The number of anilines is 1. The van der Waals surface area contributed by atoms with Gasteiger partial charge in [-0.25, -0.2) is 0 Å². The average molecular weight is 270 g/mol. The smallest absolute Gasteiger partial charge is 0.194 e. The number of azo groups is 1. The van der Waals surface area contributed by atoms with E-state index in [4.69, 9.17) is 0 Å². The summed E-state index contributed by atoms with van der Waals surface area (Å²) in [7, 11) is 3.98. The summed E-state index contributed by atoms with van der Waals surface area (Å²) in [4.78, 5) is 2.03. The van der Waals surface area contributed by atoms with E-state index in [2.05, 4.69) is 10.2 Å². The molecule has 0 aliphatic carbocycles. The Kier molecular flexibility index (Phi) is 3.98. The van der Waals surface area contributed by atoms with Gasteiger partial charge in [0.15, 0.2) is 11.9 Å². The molecule has 20 heavy (non-hydrogen) atoms. The van der Waals surface area contributed by atoms with Crippen LogP contribution in [0.2, 0.25) is 0 Å². The highest BCUT2D eigenvalue weighted by atomic mass is 16.5. The second kappa shape index (κ2) is 5.69. The molecule has 0 amide bonds.